The van der Waals surface area contributed by atoms with E-state index in [1.165, 1.54) is 43.8 Å². The van der Waals surface area contributed by atoms with Crippen molar-refractivity contribution in [2.24, 2.45) is 0 Å². The standard InChI is InChI=1S/C35H23N/c1-2-12-25(13-3-1)34-28-16-5-7-18-30(28)35(31-19-8-6-17-29(31)34)27-15-10-14-26(23-27)33-22-21-24-11-4-9-20-32(24)36-33/h1-23H. The molecule has 1 heteroatoms. The smallest absolute Gasteiger partial charge is 0.0709 e. The molecule has 0 aliphatic carbocycles. The molecular weight excluding hydrogens is 434 g/mol. The molecule has 1 heterocycles. The minimum Gasteiger partial charge on any atom is -0.248 e. The van der Waals surface area contributed by atoms with Crippen LogP contribution < -0.4 is 0 Å². The predicted molar refractivity (Wildman–Crippen MR) is 153 cm³/mol. The van der Waals surface area contributed by atoms with Crippen LogP contribution in [0.1, 0.15) is 0 Å². The fourth-order valence-corrected chi connectivity index (χ4v) is 5.42. The number of pyridine rings is 1. The molecular formula is C35H23N. The minimum absolute atomic E-state index is 0.991. The summed E-state index contributed by atoms with van der Waals surface area (Å²) in [5.41, 5.74) is 8.13. The fourth-order valence-electron chi connectivity index (χ4n) is 5.42. The van der Waals surface area contributed by atoms with Gasteiger partial charge in [-0.1, -0.05) is 121 Å². The highest BCUT2D eigenvalue weighted by molar-refractivity contribution is 6.21. The van der Waals surface area contributed by atoms with E-state index in [0.717, 1.165) is 22.2 Å². The number of hydrogen-bond acceptors (Lipinski definition) is 1. The highest BCUT2D eigenvalue weighted by atomic mass is 14.7. The molecule has 0 atom stereocenters. The van der Waals surface area contributed by atoms with Gasteiger partial charge in [0.05, 0.1) is 11.2 Å². The highest BCUT2D eigenvalue weighted by Crippen LogP contribution is 2.43. The molecule has 0 bridgehead atoms. The summed E-state index contributed by atoms with van der Waals surface area (Å²) in [7, 11) is 0. The summed E-state index contributed by atoms with van der Waals surface area (Å²) >= 11 is 0. The molecule has 6 aromatic carbocycles. The third-order valence-electron chi connectivity index (χ3n) is 7.04. The molecule has 0 N–H and O–H groups in total. The van der Waals surface area contributed by atoms with Crippen molar-refractivity contribution < 1.29 is 0 Å². The average Bonchev–Trinajstić information content (AvgIpc) is 2.96. The zero-order chi connectivity index (χ0) is 23.9. The van der Waals surface area contributed by atoms with Crippen LogP contribution in [0, 0.1) is 0 Å². The van der Waals surface area contributed by atoms with Gasteiger partial charge in [0.15, 0.2) is 0 Å². The Labute approximate surface area is 210 Å². The van der Waals surface area contributed by atoms with Crippen LogP contribution in [0.25, 0.3) is 66.0 Å². The monoisotopic (exact) mass is 457 g/mol. The minimum atomic E-state index is 0.991. The molecule has 7 rings (SSSR count). The van der Waals surface area contributed by atoms with Gasteiger partial charge in [0, 0.05) is 10.9 Å². The van der Waals surface area contributed by atoms with Crippen LogP contribution in [0.2, 0.25) is 0 Å². The summed E-state index contributed by atoms with van der Waals surface area (Å²) < 4.78 is 0. The van der Waals surface area contributed by atoms with Crippen molar-refractivity contribution in [3.63, 3.8) is 0 Å². The molecule has 0 spiro atoms. The van der Waals surface area contributed by atoms with Gasteiger partial charge in [0.2, 0.25) is 0 Å². The third kappa shape index (κ3) is 3.37. The zero-order valence-corrected chi connectivity index (χ0v) is 19.7. The molecule has 36 heavy (non-hydrogen) atoms. The van der Waals surface area contributed by atoms with Crippen molar-refractivity contribution in [3.05, 3.63) is 140 Å². The van der Waals surface area contributed by atoms with Crippen molar-refractivity contribution in [1.82, 2.24) is 4.98 Å². The first-order chi connectivity index (χ1) is 17.9. The van der Waals surface area contributed by atoms with Gasteiger partial charge in [-0.15, -0.1) is 0 Å². The van der Waals surface area contributed by atoms with Gasteiger partial charge >= 0.3 is 0 Å². The van der Waals surface area contributed by atoms with E-state index in [1.54, 1.807) is 0 Å². The SMILES string of the molecule is c1ccc(-c2c3ccccc3c(-c3cccc(-c4ccc5ccccc5n4)c3)c3ccccc23)cc1. The lowest BCUT2D eigenvalue weighted by Crippen LogP contribution is -1.91. The number of benzene rings is 6. The highest BCUT2D eigenvalue weighted by Gasteiger charge is 2.16. The summed E-state index contributed by atoms with van der Waals surface area (Å²) in [6, 6.07) is 49.7. The number of para-hydroxylation sites is 1. The molecule has 0 saturated heterocycles. The van der Waals surface area contributed by atoms with E-state index in [-0.39, 0.29) is 0 Å². The second kappa shape index (κ2) is 8.48. The molecule has 0 amide bonds. The second-order valence-electron chi connectivity index (χ2n) is 9.18. The average molecular weight is 458 g/mol. The van der Waals surface area contributed by atoms with Gasteiger partial charge in [0.1, 0.15) is 0 Å². The molecule has 1 aromatic heterocycles. The molecule has 7 aromatic rings. The lowest BCUT2D eigenvalue weighted by atomic mass is 9.85. The first kappa shape index (κ1) is 20.6. The van der Waals surface area contributed by atoms with Crippen LogP contribution in [0.4, 0.5) is 0 Å². The lowest BCUT2D eigenvalue weighted by molar-refractivity contribution is 1.40. The molecule has 0 saturated carbocycles. The Hall–Kier alpha value is -4.75. The normalized spacial score (nSPS) is 11.3. The van der Waals surface area contributed by atoms with Gasteiger partial charge in [-0.2, -0.15) is 0 Å². The maximum atomic E-state index is 4.96. The quantitative estimate of drug-likeness (QED) is 0.241. The van der Waals surface area contributed by atoms with Crippen LogP contribution in [0.3, 0.4) is 0 Å². The molecule has 0 fully saturated rings. The number of nitrogens with zero attached hydrogens (tertiary/aromatic N) is 1. The zero-order valence-electron chi connectivity index (χ0n) is 19.7. The van der Waals surface area contributed by atoms with E-state index < -0.39 is 0 Å². The maximum Gasteiger partial charge on any atom is 0.0709 e. The van der Waals surface area contributed by atoms with Crippen molar-refractivity contribution >= 4 is 32.4 Å². The predicted octanol–water partition coefficient (Wildman–Crippen LogP) is 9.54. The van der Waals surface area contributed by atoms with E-state index in [2.05, 4.69) is 133 Å². The molecule has 0 unspecified atom stereocenters. The first-order valence-corrected chi connectivity index (χ1v) is 12.3. The number of hydrogen-bond donors (Lipinski definition) is 0. The maximum absolute atomic E-state index is 4.96. The summed E-state index contributed by atoms with van der Waals surface area (Å²) in [5, 5.41) is 6.22. The van der Waals surface area contributed by atoms with Gasteiger partial charge in [0.25, 0.3) is 0 Å². The van der Waals surface area contributed by atoms with E-state index in [1.807, 2.05) is 6.07 Å². The van der Waals surface area contributed by atoms with Gasteiger partial charge in [-0.25, -0.2) is 4.98 Å². The number of aromatic nitrogens is 1. The van der Waals surface area contributed by atoms with Gasteiger partial charge in [-0.3, -0.25) is 0 Å². The van der Waals surface area contributed by atoms with Gasteiger partial charge < -0.3 is 0 Å². The molecule has 1 nitrogen and oxygen atoms in total. The topological polar surface area (TPSA) is 12.9 Å². The number of fused-ring (bicyclic) bond motifs is 3. The van der Waals surface area contributed by atoms with Crippen molar-refractivity contribution in [1.29, 1.82) is 0 Å². The van der Waals surface area contributed by atoms with Crippen LogP contribution in [-0.4, -0.2) is 4.98 Å². The van der Waals surface area contributed by atoms with E-state index in [4.69, 9.17) is 4.98 Å². The Morgan fingerprint density at radius 1 is 0.361 bits per heavy atom. The number of rotatable bonds is 3. The Morgan fingerprint density at radius 3 is 1.58 bits per heavy atom. The van der Waals surface area contributed by atoms with Crippen molar-refractivity contribution in [3.8, 4) is 33.5 Å². The fraction of sp³-hybridized carbons (Fsp3) is 0. The molecule has 0 aliphatic rings. The third-order valence-corrected chi connectivity index (χ3v) is 7.04. The largest absolute Gasteiger partial charge is 0.248 e. The second-order valence-corrected chi connectivity index (χ2v) is 9.18. The van der Waals surface area contributed by atoms with E-state index >= 15 is 0 Å². The molecule has 168 valence electrons. The van der Waals surface area contributed by atoms with E-state index in [9.17, 15) is 0 Å². The van der Waals surface area contributed by atoms with Crippen LogP contribution >= 0.6 is 0 Å². The lowest BCUT2D eigenvalue weighted by Gasteiger charge is -2.18. The first-order valence-electron chi connectivity index (χ1n) is 12.3. The van der Waals surface area contributed by atoms with Crippen molar-refractivity contribution in [2.75, 3.05) is 0 Å². The summed E-state index contributed by atoms with van der Waals surface area (Å²) in [5.74, 6) is 0. The molecule has 0 aliphatic heterocycles. The Balaban J connectivity index is 1.51. The van der Waals surface area contributed by atoms with E-state index in [0.29, 0.717) is 0 Å². The summed E-state index contributed by atoms with van der Waals surface area (Å²) in [4.78, 5) is 4.96. The van der Waals surface area contributed by atoms with Crippen LogP contribution in [0.15, 0.2) is 140 Å². The Bertz CT molecular complexity index is 1830. The van der Waals surface area contributed by atoms with Crippen LogP contribution in [0.5, 0.6) is 0 Å². The Morgan fingerprint density at radius 2 is 0.889 bits per heavy atom. The van der Waals surface area contributed by atoms with Gasteiger partial charge in [-0.05, 0) is 62.0 Å². The van der Waals surface area contributed by atoms with Crippen LogP contribution in [-0.2, 0) is 0 Å². The Kier molecular flexibility index (Phi) is 4.85. The summed E-state index contributed by atoms with van der Waals surface area (Å²) in [6.07, 6.45) is 0. The summed E-state index contributed by atoms with van der Waals surface area (Å²) in [6.45, 7) is 0. The van der Waals surface area contributed by atoms with Crippen molar-refractivity contribution in [2.45, 2.75) is 0 Å². The molecule has 0 radical (unpaired) electrons.